The van der Waals surface area contributed by atoms with E-state index in [0.29, 0.717) is 34.5 Å². The van der Waals surface area contributed by atoms with Crippen LogP contribution < -0.4 is 11.5 Å². The van der Waals surface area contributed by atoms with Gasteiger partial charge in [0.1, 0.15) is 17.2 Å². The molecular weight excluding hydrogens is 460 g/mol. The molecule has 2 saturated carbocycles. The molecule has 0 aliphatic heterocycles. The Morgan fingerprint density at radius 1 is 0.568 bits per heavy atom. The molecule has 0 unspecified atom stereocenters. The lowest BCUT2D eigenvalue weighted by atomic mass is 9.81. The first-order valence-corrected chi connectivity index (χ1v) is 14.0. The lowest BCUT2D eigenvalue weighted by molar-refractivity contribution is 0.414. The summed E-state index contributed by atoms with van der Waals surface area (Å²) in [5.41, 5.74) is 18.8. The van der Waals surface area contributed by atoms with E-state index in [2.05, 4.69) is 0 Å². The van der Waals surface area contributed by atoms with Gasteiger partial charge in [0.05, 0.1) is 0 Å². The van der Waals surface area contributed by atoms with Gasteiger partial charge in [-0.1, -0.05) is 56.7 Å². The Kier molecular flexibility index (Phi) is 7.73. The van der Waals surface area contributed by atoms with Crippen molar-refractivity contribution in [1.82, 2.24) is 0 Å². The third-order valence-electron chi connectivity index (χ3n) is 8.65. The molecule has 0 spiro atoms. The number of hydrogen-bond donors (Lipinski definition) is 5. The van der Waals surface area contributed by atoms with Crippen LogP contribution in [0.2, 0.25) is 0 Å². The Bertz CT molecular complexity index is 1160. The van der Waals surface area contributed by atoms with Crippen molar-refractivity contribution in [2.45, 2.75) is 89.1 Å². The van der Waals surface area contributed by atoms with Gasteiger partial charge in [-0.15, -0.1) is 0 Å². The summed E-state index contributed by atoms with van der Waals surface area (Å²) in [6.07, 6.45) is 11.4. The molecule has 3 aromatic rings. The summed E-state index contributed by atoms with van der Waals surface area (Å²) in [5.74, 6) is 1.42. The van der Waals surface area contributed by atoms with E-state index in [0.717, 1.165) is 59.1 Å². The molecule has 0 amide bonds. The lowest BCUT2D eigenvalue weighted by Crippen LogP contribution is -2.08. The second-order valence-corrected chi connectivity index (χ2v) is 10.9. The molecule has 0 atom stereocenters. The normalized spacial score (nSPS) is 17.2. The maximum absolute atomic E-state index is 11.7. The van der Waals surface area contributed by atoms with Gasteiger partial charge in [0.15, 0.2) is 0 Å². The second-order valence-electron chi connectivity index (χ2n) is 10.9. The van der Waals surface area contributed by atoms with Crippen molar-refractivity contribution in [3.05, 3.63) is 64.7 Å². The van der Waals surface area contributed by atoms with Gasteiger partial charge in [-0.3, -0.25) is 0 Å². The molecule has 7 N–H and O–H groups in total. The van der Waals surface area contributed by atoms with Crippen LogP contribution in [0.5, 0.6) is 17.2 Å². The van der Waals surface area contributed by atoms with Crippen LogP contribution >= 0.6 is 0 Å². The zero-order valence-corrected chi connectivity index (χ0v) is 21.7. The highest BCUT2D eigenvalue weighted by Crippen LogP contribution is 2.46. The van der Waals surface area contributed by atoms with Crippen LogP contribution in [-0.2, 0) is 13.1 Å². The van der Waals surface area contributed by atoms with E-state index in [1.165, 1.54) is 38.5 Å². The first-order valence-electron chi connectivity index (χ1n) is 14.0. The predicted octanol–water partition coefficient (Wildman–Crippen LogP) is 7.15. The van der Waals surface area contributed by atoms with Crippen molar-refractivity contribution < 1.29 is 15.3 Å². The van der Waals surface area contributed by atoms with Crippen molar-refractivity contribution in [3.8, 4) is 39.5 Å². The van der Waals surface area contributed by atoms with Gasteiger partial charge < -0.3 is 26.8 Å². The van der Waals surface area contributed by atoms with E-state index < -0.39 is 0 Å². The van der Waals surface area contributed by atoms with Gasteiger partial charge in [0.2, 0.25) is 0 Å². The van der Waals surface area contributed by atoms with Crippen LogP contribution in [0.1, 0.15) is 98.3 Å². The number of hydrogen-bond acceptors (Lipinski definition) is 5. The molecule has 0 radical (unpaired) electrons. The minimum Gasteiger partial charge on any atom is -0.508 e. The summed E-state index contributed by atoms with van der Waals surface area (Å²) >= 11 is 0. The fraction of sp³-hybridized carbons (Fsp3) is 0.438. The van der Waals surface area contributed by atoms with E-state index in [4.69, 9.17) is 11.5 Å². The van der Waals surface area contributed by atoms with Crippen LogP contribution in [0, 0.1) is 0 Å². The maximum Gasteiger partial charge on any atom is 0.131 e. The van der Waals surface area contributed by atoms with Crippen LogP contribution in [0.15, 0.2) is 42.5 Å². The molecule has 0 heterocycles. The zero-order valence-electron chi connectivity index (χ0n) is 21.7. The van der Waals surface area contributed by atoms with Crippen molar-refractivity contribution in [3.63, 3.8) is 0 Å². The van der Waals surface area contributed by atoms with E-state index in [1.807, 2.05) is 30.3 Å². The standard InChI is InChI=1S/C32H40N2O3/c33-18-22-14-30(35)28(20-8-3-1-4-9-20)16-26(22)24-12-7-13-25(32(24)37)27-17-29(21-10-5-2-6-11-21)31(36)15-23(27)19-34/h7,12-17,20-21,35-37H,1-6,8-11,18-19,33-34H2. The summed E-state index contributed by atoms with van der Waals surface area (Å²) in [6.45, 7) is 0.521. The maximum atomic E-state index is 11.7. The molecule has 2 aliphatic rings. The van der Waals surface area contributed by atoms with Crippen molar-refractivity contribution in [2.24, 2.45) is 11.5 Å². The fourth-order valence-corrected chi connectivity index (χ4v) is 6.60. The van der Waals surface area contributed by atoms with Gasteiger partial charge >= 0.3 is 0 Å². The number of nitrogens with two attached hydrogens (primary N) is 2. The summed E-state index contributed by atoms with van der Waals surface area (Å²) in [5, 5.41) is 33.4. The van der Waals surface area contributed by atoms with E-state index >= 15 is 0 Å². The van der Waals surface area contributed by atoms with Crippen LogP contribution in [0.3, 0.4) is 0 Å². The smallest absolute Gasteiger partial charge is 0.131 e. The van der Waals surface area contributed by atoms with E-state index in [1.54, 1.807) is 12.1 Å². The van der Waals surface area contributed by atoms with Crippen molar-refractivity contribution in [2.75, 3.05) is 0 Å². The molecule has 0 saturated heterocycles. The number of phenols is 3. The lowest BCUT2D eigenvalue weighted by Gasteiger charge is -2.25. The van der Waals surface area contributed by atoms with Crippen LogP contribution in [0.4, 0.5) is 0 Å². The first kappa shape index (κ1) is 25.6. The fourth-order valence-electron chi connectivity index (χ4n) is 6.60. The zero-order chi connectivity index (χ0) is 25.9. The Hall–Kier alpha value is -3.02. The van der Waals surface area contributed by atoms with Crippen LogP contribution in [0.25, 0.3) is 22.3 Å². The summed E-state index contributed by atoms with van der Waals surface area (Å²) in [4.78, 5) is 0. The number of phenolic OH excluding ortho intramolecular Hbond substituents is 3. The molecule has 3 aromatic carbocycles. The monoisotopic (exact) mass is 500 g/mol. The highest BCUT2D eigenvalue weighted by atomic mass is 16.3. The minimum atomic E-state index is 0.174. The van der Waals surface area contributed by atoms with Gasteiger partial charge in [-0.2, -0.15) is 0 Å². The molecule has 196 valence electrons. The Morgan fingerprint density at radius 2 is 0.973 bits per heavy atom. The minimum absolute atomic E-state index is 0.174. The highest BCUT2D eigenvalue weighted by molar-refractivity contribution is 5.85. The van der Waals surface area contributed by atoms with Crippen molar-refractivity contribution in [1.29, 1.82) is 0 Å². The SMILES string of the molecule is NCc1cc(O)c(C2CCCCC2)cc1-c1cccc(-c2cc(C3CCCCC3)c(O)cc2CN)c1O. The third kappa shape index (κ3) is 5.07. The molecule has 37 heavy (non-hydrogen) atoms. The molecule has 2 fully saturated rings. The van der Waals surface area contributed by atoms with E-state index in [-0.39, 0.29) is 18.8 Å². The molecule has 0 bridgehead atoms. The average molecular weight is 501 g/mol. The Labute approximate surface area is 220 Å². The van der Waals surface area contributed by atoms with Gasteiger partial charge in [0.25, 0.3) is 0 Å². The Balaban J connectivity index is 1.62. The molecule has 0 aromatic heterocycles. The summed E-state index contributed by atoms with van der Waals surface area (Å²) in [6, 6.07) is 13.4. The molecule has 5 heteroatoms. The number of benzene rings is 3. The number of para-hydroxylation sites is 1. The second kappa shape index (κ2) is 11.2. The van der Waals surface area contributed by atoms with Gasteiger partial charge in [0, 0.05) is 24.2 Å². The summed E-state index contributed by atoms with van der Waals surface area (Å²) in [7, 11) is 0. The molecule has 5 nitrogen and oxygen atoms in total. The number of rotatable bonds is 6. The Morgan fingerprint density at radius 3 is 1.35 bits per heavy atom. The topological polar surface area (TPSA) is 113 Å². The van der Waals surface area contributed by atoms with Gasteiger partial charge in [-0.25, -0.2) is 0 Å². The first-order chi connectivity index (χ1) is 18.0. The highest BCUT2D eigenvalue weighted by Gasteiger charge is 2.24. The number of aromatic hydroxyl groups is 3. The van der Waals surface area contributed by atoms with Gasteiger partial charge in [-0.05, 0) is 95.2 Å². The van der Waals surface area contributed by atoms with Crippen LogP contribution in [-0.4, -0.2) is 15.3 Å². The third-order valence-corrected chi connectivity index (χ3v) is 8.65. The predicted molar refractivity (Wildman–Crippen MR) is 150 cm³/mol. The average Bonchev–Trinajstić information content (AvgIpc) is 2.94. The van der Waals surface area contributed by atoms with E-state index in [9.17, 15) is 15.3 Å². The quantitative estimate of drug-likeness (QED) is 0.247. The summed E-state index contributed by atoms with van der Waals surface area (Å²) < 4.78 is 0. The van der Waals surface area contributed by atoms with Crippen molar-refractivity contribution >= 4 is 0 Å². The molecule has 2 aliphatic carbocycles. The molecule has 5 rings (SSSR count). The molecular formula is C32H40N2O3. The largest absolute Gasteiger partial charge is 0.508 e.